The Labute approximate surface area is 69.9 Å². The third-order valence-electron chi connectivity index (χ3n) is 1.72. The zero-order chi connectivity index (χ0) is 8.39. The van der Waals surface area contributed by atoms with E-state index in [4.69, 9.17) is 0 Å². The van der Waals surface area contributed by atoms with E-state index >= 15 is 0 Å². The monoisotopic (exact) mass is 156 g/mol. The molecule has 0 unspecified atom stereocenters. The van der Waals surface area contributed by atoms with Gasteiger partial charge in [0.2, 0.25) is 0 Å². The second-order valence-electron chi connectivity index (χ2n) is 2.45. The lowest BCUT2D eigenvalue weighted by molar-refractivity contribution is 0.112. The van der Waals surface area contributed by atoms with Crippen molar-refractivity contribution < 1.29 is 4.79 Å². The van der Waals surface area contributed by atoms with E-state index in [0.717, 1.165) is 17.1 Å². The fraction of sp³-hybridized carbons (Fsp3) is 0. The number of benzene rings is 1. The van der Waals surface area contributed by atoms with E-state index in [1.165, 1.54) is 0 Å². The van der Waals surface area contributed by atoms with Crippen LogP contribution in [0.3, 0.4) is 0 Å². The van der Waals surface area contributed by atoms with Gasteiger partial charge >= 0.3 is 0 Å². The lowest BCUT2D eigenvalue weighted by Gasteiger charge is -1.96. The second kappa shape index (κ2) is 2.74. The summed E-state index contributed by atoms with van der Waals surface area (Å²) in [5.41, 5.74) is 0.452. The van der Waals surface area contributed by atoms with Crippen LogP contribution in [-0.2, 0) is 0 Å². The van der Waals surface area contributed by atoms with Crippen molar-refractivity contribution >= 4 is 17.1 Å². The first-order valence-corrected chi connectivity index (χ1v) is 3.62. The van der Waals surface area contributed by atoms with Gasteiger partial charge in [0.05, 0.1) is 0 Å². The highest BCUT2D eigenvalue weighted by molar-refractivity contribution is 5.95. The summed E-state index contributed by atoms with van der Waals surface area (Å²) in [6.07, 6.45) is 2.37. The molecular formula is C10H6NO. The Morgan fingerprint density at radius 2 is 2.33 bits per heavy atom. The fourth-order valence-corrected chi connectivity index (χ4v) is 1.16. The van der Waals surface area contributed by atoms with E-state index in [-0.39, 0.29) is 0 Å². The van der Waals surface area contributed by atoms with Gasteiger partial charge in [0.15, 0.2) is 6.29 Å². The average molecular weight is 156 g/mol. The fourth-order valence-electron chi connectivity index (χ4n) is 1.16. The van der Waals surface area contributed by atoms with Gasteiger partial charge in [0.25, 0.3) is 0 Å². The normalized spacial score (nSPS) is 10.0. The number of carbonyl (C=O) groups is 1. The van der Waals surface area contributed by atoms with Crippen LogP contribution in [0.5, 0.6) is 0 Å². The molecule has 57 valence electrons. The minimum Gasteiger partial charge on any atom is -0.296 e. The molecule has 0 fully saturated rings. The van der Waals surface area contributed by atoms with E-state index in [1.807, 2.05) is 18.2 Å². The molecule has 0 saturated heterocycles. The van der Waals surface area contributed by atoms with Crippen LogP contribution in [0.1, 0.15) is 10.5 Å². The first kappa shape index (κ1) is 6.98. The first-order chi connectivity index (χ1) is 5.92. The molecule has 2 rings (SSSR count). The van der Waals surface area contributed by atoms with Gasteiger partial charge in [-0.2, -0.15) is 0 Å². The average Bonchev–Trinajstić information content (AvgIpc) is 2.17. The first-order valence-electron chi connectivity index (χ1n) is 3.62. The van der Waals surface area contributed by atoms with Crippen molar-refractivity contribution in [3.8, 4) is 0 Å². The van der Waals surface area contributed by atoms with E-state index in [9.17, 15) is 4.79 Å². The smallest absolute Gasteiger partial charge is 0.169 e. The molecule has 0 atom stereocenters. The minimum absolute atomic E-state index is 0.452. The van der Waals surface area contributed by atoms with E-state index in [1.54, 1.807) is 12.3 Å². The van der Waals surface area contributed by atoms with Crippen molar-refractivity contribution in [1.29, 1.82) is 0 Å². The minimum atomic E-state index is 0.452. The van der Waals surface area contributed by atoms with Crippen molar-refractivity contribution in [2.24, 2.45) is 0 Å². The molecular weight excluding hydrogens is 150 g/mol. The highest BCUT2D eigenvalue weighted by atomic mass is 16.1. The maximum Gasteiger partial charge on any atom is 0.169 e. The quantitative estimate of drug-likeness (QED) is 0.590. The second-order valence-corrected chi connectivity index (χ2v) is 2.45. The Balaban J connectivity index is 2.88. The number of carbonyl (C=O) groups excluding carboxylic acids is 1. The van der Waals surface area contributed by atoms with Crippen molar-refractivity contribution in [2.75, 3.05) is 0 Å². The maximum atomic E-state index is 10.5. The van der Waals surface area contributed by atoms with E-state index < -0.39 is 0 Å². The number of aromatic nitrogens is 1. The lowest BCUT2D eigenvalue weighted by Crippen LogP contribution is -1.87. The number of nitrogens with zero attached hydrogens (tertiary/aromatic N) is 1. The van der Waals surface area contributed by atoms with Crippen LogP contribution in [0.4, 0.5) is 0 Å². The Kier molecular flexibility index (Phi) is 1.59. The third-order valence-corrected chi connectivity index (χ3v) is 1.72. The Morgan fingerprint density at radius 1 is 1.42 bits per heavy atom. The molecule has 12 heavy (non-hydrogen) atoms. The summed E-state index contributed by atoms with van der Waals surface area (Å²) < 4.78 is 0. The zero-order valence-electron chi connectivity index (χ0n) is 6.32. The molecule has 0 aliphatic rings. The molecule has 2 heteroatoms. The standard InChI is InChI=1S/C10H6NO/c12-7-10-9-4-2-1-3-8(9)5-6-11-10/h1-3,5-7H. The predicted octanol–water partition coefficient (Wildman–Crippen LogP) is 1.85. The van der Waals surface area contributed by atoms with Gasteiger partial charge in [-0.3, -0.25) is 9.78 Å². The Hall–Kier alpha value is -1.70. The van der Waals surface area contributed by atoms with Crippen molar-refractivity contribution in [1.82, 2.24) is 4.98 Å². The molecule has 0 bridgehead atoms. The maximum absolute atomic E-state index is 10.5. The lowest BCUT2D eigenvalue weighted by atomic mass is 10.1. The van der Waals surface area contributed by atoms with Gasteiger partial charge in [0, 0.05) is 11.6 Å². The highest BCUT2D eigenvalue weighted by Crippen LogP contribution is 2.13. The van der Waals surface area contributed by atoms with Crippen LogP contribution in [0, 0.1) is 6.07 Å². The number of hydrogen-bond donors (Lipinski definition) is 0. The SMILES string of the molecule is O=Cc1nccc2ccc[c]c12. The molecule has 0 aliphatic heterocycles. The largest absolute Gasteiger partial charge is 0.296 e. The molecule has 0 amide bonds. The van der Waals surface area contributed by atoms with Crippen LogP contribution in [0.15, 0.2) is 30.5 Å². The molecule has 1 heterocycles. The zero-order valence-corrected chi connectivity index (χ0v) is 6.32. The molecule has 0 spiro atoms. The number of fused-ring (bicyclic) bond motifs is 1. The van der Waals surface area contributed by atoms with Gasteiger partial charge in [-0.1, -0.05) is 18.2 Å². The summed E-state index contributed by atoms with van der Waals surface area (Å²) in [4.78, 5) is 14.5. The highest BCUT2D eigenvalue weighted by Gasteiger charge is 1.98. The summed E-state index contributed by atoms with van der Waals surface area (Å²) in [6, 6.07) is 10.4. The van der Waals surface area contributed by atoms with Crippen molar-refractivity contribution in [3.05, 3.63) is 42.2 Å². The molecule has 0 aliphatic carbocycles. The topological polar surface area (TPSA) is 30.0 Å². The summed E-state index contributed by atoms with van der Waals surface area (Å²) in [5, 5.41) is 1.78. The molecule has 1 radical (unpaired) electrons. The summed E-state index contributed by atoms with van der Waals surface area (Å²) in [7, 11) is 0. The molecule has 1 aromatic heterocycles. The molecule has 0 saturated carbocycles. The van der Waals surface area contributed by atoms with Gasteiger partial charge in [0.1, 0.15) is 5.69 Å². The van der Waals surface area contributed by atoms with Crippen LogP contribution in [0.2, 0.25) is 0 Å². The third kappa shape index (κ3) is 0.975. The number of rotatable bonds is 1. The van der Waals surface area contributed by atoms with Gasteiger partial charge in [-0.15, -0.1) is 0 Å². The summed E-state index contributed by atoms with van der Waals surface area (Å²) >= 11 is 0. The van der Waals surface area contributed by atoms with Crippen LogP contribution in [0.25, 0.3) is 10.8 Å². The molecule has 2 nitrogen and oxygen atoms in total. The number of pyridine rings is 1. The molecule has 2 aromatic rings. The van der Waals surface area contributed by atoms with E-state index in [0.29, 0.717) is 5.69 Å². The summed E-state index contributed by atoms with van der Waals surface area (Å²) in [5.74, 6) is 0. The Morgan fingerprint density at radius 3 is 3.17 bits per heavy atom. The van der Waals surface area contributed by atoms with Crippen molar-refractivity contribution in [2.45, 2.75) is 0 Å². The van der Waals surface area contributed by atoms with Gasteiger partial charge < -0.3 is 0 Å². The van der Waals surface area contributed by atoms with Crippen molar-refractivity contribution in [3.63, 3.8) is 0 Å². The summed E-state index contributed by atoms with van der Waals surface area (Å²) in [6.45, 7) is 0. The number of hydrogen-bond acceptors (Lipinski definition) is 2. The van der Waals surface area contributed by atoms with E-state index in [2.05, 4.69) is 11.1 Å². The van der Waals surface area contributed by atoms with Crippen LogP contribution >= 0.6 is 0 Å². The predicted molar refractivity (Wildman–Crippen MR) is 46.0 cm³/mol. The molecule has 0 N–H and O–H groups in total. The van der Waals surface area contributed by atoms with Gasteiger partial charge in [-0.05, 0) is 17.5 Å². The van der Waals surface area contributed by atoms with Crippen LogP contribution < -0.4 is 0 Å². The Bertz CT molecular complexity index is 418. The van der Waals surface area contributed by atoms with Crippen LogP contribution in [-0.4, -0.2) is 11.3 Å². The van der Waals surface area contributed by atoms with Gasteiger partial charge in [-0.25, -0.2) is 0 Å². The molecule has 1 aromatic carbocycles. The number of aldehydes is 1.